The maximum Gasteiger partial charge on any atom is 0.573 e. The van der Waals surface area contributed by atoms with Crippen molar-refractivity contribution in [2.45, 2.75) is 6.36 Å². The Kier molecular flexibility index (Phi) is 4.26. The maximum absolute atomic E-state index is 12.0. The van der Waals surface area contributed by atoms with Crippen molar-refractivity contribution in [3.05, 3.63) is 45.1 Å². The van der Waals surface area contributed by atoms with Crippen LogP contribution in [0.4, 0.5) is 18.9 Å². The van der Waals surface area contributed by atoms with Crippen LogP contribution in [0.5, 0.6) is 5.75 Å². The van der Waals surface area contributed by atoms with Gasteiger partial charge in [0.2, 0.25) is 0 Å². The highest BCUT2D eigenvalue weighted by Gasteiger charge is 2.30. The van der Waals surface area contributed by atoms with Gasteiger partial charge in [-0.05, 0) is 52.3 Å². The van der Waals surface area contributed by atoms with E-state index in [0.717, 1.165) is 8.66 Å². The van der Waals surface area contributed by atoms with Gasteiger partial charge < -0.3 is 4.74 Å². The van der Waals surface area contributed by atoms with Crippen molar-refractivity contribution in [2.24, 2.45) is 4.99 Å². The third-order valence-electron chi connectivity index (χ3n) is 2.01. The van der Waals surface area contributed by atoms with Crippen molar-refractivity contribution in [3.8, 4) is 5.75 Å². The van der Waals surface area contributed by atoms with E-state index in [1.165, 1.54) is 35.6 Å². The number of alkyl halides is 3. The van der Waals surface area contributed by atoms with Gasteiger partial charge in [-0.2, -0.15) is 0 Å². The van der Waals surface area contributed by atoms with Crippen molar-refractivity contribution < 1.29 is 17.9 Å². The molecular formula is C12H7BrF3NOS. The molecule has 0 radical (unpaired) electrons. The lowest BCUT2D eigenvalue weighted by Gasteiger charge is -2.08. The Bertz CT molecular complexity index is 577. The van der Waals surface area contributed by atoms with Gasteiger partial charge in [0.25, 0.3) is 0 Å². The summed E-state index contributed by atoms with van der Waals surface area (Å²) in [5.41, 5.74) is 0.555. The maximum atomic E-state index is 12.0. The summed E-state index contributed by atoms with van der Waals surface area (Å²) in [5.74, 6) is -0.259. The minimum atomic E-state index is -4.67. The highest BCUT2D eigenvalue weighted by Crippen LogP contribution is 2.25. The van der Waals surface area contributed by atoms with Gasteiger partial charge >= 0.3 is 6.36 Å². The fourth-order valence-electron chi connectivity index (χ4n) is 1.27. The van der Waals surface area contributed by atoms with Crippen molar-refractivity contribution in [1.29, 1.82) is 0 Å². The van der Waals surface area contributed by atoms with Crippen LogP contribution in [0.1, 0.15) is 4.88 Å². The summed E-state index contributed by atoms with van der Waals surface area (Å²) in [6, 6.07) is 9.15. The first-order valence-electron chi connectivity index (χ1n) is 5.07. The van der Waals surface area contributed by atoms with E-state index < -0.39 is 6.36 Å². The number of ether oxygens (including phenoxy) is 1. The first-order chi connectivity index (χ1) is 8.92. The molecule has 0 aliphatic carbocycles. The number of nitrogens with zero attached hydrogens (tertiary/aromatic N) is 1. The largest absolute Gasteiger partial charge is 0.573 e. The van der Waals surface area contributed by atoms with E-state index in [9.17, 15) is 13.2 Å². The topological polar surface area (TPSA) is 21.6 Å². The van der Waals surface area contributed by atoms with Gasteiger partial charge in [-0.25, -0.2) is 0 Å². The summed E-state index contributed by atoms with van der Waals surface area (Å²) in [7, 11) is 0. The molecule has 2 aromatic rings. The van der Waals surface area contributed by atoms with Crippen LogP contribution < -0.4 is 4.74 Å². The van der Waals surface area contributed by atoms with Gasteiger partial charge in [0.1, 0.15) is 5.75 Å². The van der Waals surface area contributed by atoms with E-state index in [1.807, 2.05) is 12.1 Å². The molecule has 7 heteroatoms. The molecule has 0 amide bonds. The molecule has 0 bridgehead atoms. The minimum absolute atomic E-state index is 0.259. The van der Waals surface area contributed by atoms with E-state index in [-0.39, 0.29) is 5.75 Å². The molecule has 0 fully saturated rings. The Balaban J connectivity index is 2.04. The van der Waals surface area contributed by atoms with Gasteiger partial charge in [-0.15, -0.1) is 24.5 Å². The van der Waals surface area contributed by atoms with Crippen LogP contribution in [-0.4, -0.2) is 12.6 Å². The summed E-state index contributed by atoms with van der Waals surface area (Å²) in [6.07, 6.45) is -3.02. The van der Waals surface area contributed by atoms with Gasteiger partial charge in [-0.1, -0.05) is 0 Å². The van der Waals surface area contributed by atoms with Crippen LogP contribution in [-0.2, 0) is 0 Å². The van der Waals surface area contributed by atoms with Gasteiger partial charge in [-0.3, -0.25) is 4.99 Å². The molecule has 0 saturated heterocycles. The number of halogens is 4. The minimum Gasteiger partial charge on any atom is -0.406 e. The Morgan fingerprint density at radius 1 is 1.11 bits per heavy atom. The second kappa shape index (κ2) is 5.75. The number of benzene rings is 1. The molecule has 19 heavy (non-hydrogen) atoms. The molecule has 2 rings (SSSR count). The Labute approximate surface area is 119 Å². The normalized spacial score (nSPS) is 12.0. The highest BCUT2D eigenvalue weighted by molar-refractivity contribution is 9.11. The number of hydrogen-bond acceptors (Lipinski definition) is 3. The SMILES string of the molecule is FC(F)(F)Oc1ccc(N=Cc2ccc(Br)s2)cc1. The third-order valence-corrected chi connectivity index (χ3v) is 3.56. The summed E-state index contributed by atoms with van der Waals surface area (Å²) in [4.78, 5) is 5.10. The summed E-state index contributed by atoms with van der Waals surface area (Å²) >= 11 is 4.84. The Hall–Kier alpha value is -1.34. The zero-order chi connectivity index (χ0) is 13.9. The molecule has 0 saturated carbocycles. The van der Waals surface area contributed by atoms with E-state index in [1.54, 1.807) is 6.21 Å². The molecule has 0 atom stereocenters. The van der Waals surface area contributed by atoms with Crippen molar-refractivity contribution in [3.63, 3.8) is 0 Å². The highest BCUT2D eigenvalue weighted by atomic mass is 79.9. The monoisotopic (exact) mass is 349 g/mol. The van der Waals surface area contributed by atoms with Gasteiger partial charge in [0.05, 0.1) is 9.47 Å². The fourth-order valence-corrected chi connectivity index (χ4v) is 2.57. The molecule has 0 aliphatic rings. The van der Waals surface area contributed by atoms with Crippen LogP contribution in [0.2, 0.25) is 0 Å². The molecule has 2 nitrogen and oxygen atoms in total. The zero-order valence-electron chi connectivity index (χ0n) is 9.32. The number of thiophene rings is 1. The Morgan fingerprint density at radius 3 is 2.32 bits per heavy atom. The average Bonchev–Trinajstić information content (AvgIpc) is 2.72. The van der Waals surface area contributed by atoms with Gasteiger partial charge in [0, 0.05) is 11.1 Å². The number of hydrogen-bond donors (Lipinski definition) is 0. The second-order valence-electron chi connectivity index (χ2n) is 3.44. The quantitative estimate of drug-likeness (QED) is 0.701. The molecule has 0 spiro atoms. The smallest absolute Gasteiger partial charge is 0.406 e. The lowest BCUT2D eigenvalue weighted by molar-refractivity contribution is -0.274. The lowest BCUT2D eigenvalue weighted by Crippen LogP contribution is -2.16. The van der Waals surface area contributed by atoms with Crippen molar-refractivity contribution >= 4 is 39.2 Å². The standard InChI is InChI=1S/C12H7BrF3NOS/c13-11-6-5-10(19-11)7-17-8-1-3-9(4-2-8)18-12(14,15)16/h1-7H. The summed E-state index contributed by atoms with van der Waals surface area (Å²) in [5, 5.41) is 0. The van der Waals surface area contributed by atoms with Crippen molar-refractivity contribution in [1.82, 2.24) is 0 Å². The lowest BCUT2D eigenvalue weighted by atomic mass is 10.3. The van der Waals surface area contributed by atoms with Gasteiger partial charge in [0.15, 0.2) is 0 Å². The van der Waals surface area contributed by atoms with E-state index in [0.29, 0.717) is 5.69 Å². The summed E-state index contributed by atoms with van der Waals surface area (Å²) < 4.78 is 40.6. The molecule has 0 aliphatic heterocycles. The molecular weight excluding hydrogens is 343 g/mol. The van der Waals surface area contributed by atoms with Crippen LogP contribution >= 0.6 is 27.3 Å². The first kappa shape index (κ1) is 14.1. The molecule has 0 N–H and O–H groups in total. The third kappa shape index (κ3) is 4.68. The number of aliphatic imine (C=N–C) groups is 1. The molecule has 0 unspecified atom stereocenters. The average molecular weight is 350 g/mol. The first-order valence-corrected chi connectivity index (χ1v) is 6.68. The molecule has 100 valence electrons. The van der Waals surface area contributed by atoms with E-state index >= 15 is 0 Å². The van der Waals surface area contributed by atoms with E-state index in [4.69, 9.17) is 0 Å². The second-order valence-corrected chi connectivity index (χ2v) is 5.94. The van der Waals surface area contributed by atoms with Crippen molar-refractivity contribution in [2.75, 3.05) is 0 Å². The van der Waals surface area contributed by atoms with Crippen LogP contribution in [0.3, 0.4) is 0 Å². The molecule has 1 heterocycles. The van der Waals surface area contributed by atoms with Crippen LogP contribution in [0, 0.1) is 0 Å². The predicted molar refractivity (Wildman–Crippen MR) is 72.4 cm³/mol. The number of rotatable bonds is 3. The molecule has 1 aromatic heterocycles. The van der Waals surface area contributed by atoms with Crippen LogP contribution in [0.15, 0.2) is 45.2 Å². The predicted octanol–water partition coefficient (Wildman–Crippen LogP) is 5.16. The van der Waals surface area contributed by atoms with Crippen LogP contribution in [0.25, 0.3) is 0 Å². The molecule has 1 aromatic carbocycles. The zero-order valence-corrected chi connectivity index (χ0v) is 11.7. The Morgan fingerprint density at radius 2 is 1.79 bits per heavy atom. The fraction of sp³-hybridized carbons (Fsp3) is 0.0833. The van der Waals surface area contributed by atoms with E-state index in [2.05, 4.69) is 25.7 Å². The summed E-state index contributed by atoms with van der Waals surface area (Å²) in [6.45, 7) is 0.